The third-order valence-corrected chi connectivity index (χ3v) is 4.37. The molecular formula is C14H13N3O3S. The van der Waals surface area contributed by atoms with Crippen molar-refractivity contribution in [2.24, 2.45) is 0 Å². The Bertz CT molecular complexity index is 916. The Morgan fingerprint density at radius 3 is 2.81 bits per heavy atom. The Kier molecular flexibility index (Phi) is 3.13. The van der Waals surface area contributed by atoms with Crippen LogP contribution in [0.1, 0.15) is 11.1 Å². The molecule has 1 aromatic carbocycles. The average Bonchev–Trinajstić information content (AvgIpc) is 2.82. The van der Waals surface area contributed by atoms with Crippen LogP contribution in [-0.2, 0) is 15.6 Å². The number of benzene rings is 1. The average molecular weight is 303 g/mol. The molecule has 7 heteroatoms. The van der Waals surface area contributed by atoms with Gasteiger partial charge >= 0.3 is 5.22 Å². The summed E-state index contributed by atoms with van der Waals surface area (Å²) in [7, 11) is -3.66. The van der Waals surface area contributed by atoms with Gasteiger partial charge in [-0.1, -0.05) is 6.07 Å². The third kappa shape index (κ3) is 2.73. The number of anilines is 1. The first-order valence-corrected chi connectivity index (χ1v) is 7.89. The van der Waals surface area contributed by atoms with Crippen LogP contribution in [0.4, 0.5) is 5.69 Å². The number of fused-ring (bicyclic) bond motifs is 1. The molecule has 6 nitrogen and oxygen atoms in total. The van der Waals surface area contributed by atoms with E-state index in [-0.39, 0.29) is 11.0 Å². The SMILES string of the molecule is Cc1cncc(CS(=O)(=O)c2nc3cc(N)ccc3o2)c1. The van der Waals surface area contributed by atoms with Crippen molar-refractivity contribution < 1.29 is 12.8 Å². The van der Waals surface area contributed by atoms with Crippen LogP contribution in [0.15, 0.2) is 46.3 Å². The zero-order valence-electron chi connectivity index (χ0n) is 11.3. The van der Waals surface area contributed by atoms with Gasteiger partial charge in [-0.2, -0.15) is 4.98 Å². The molecule has 0 amide bonds. The molecule has 108 valence electrons. The van der Waals surface area contributed by atoms with Crippen LogP contribution in [0.25, 0.3) is 11.1 Å². The summed E-state index contributed by atoms with van der Waals surface area (Å²) in [6.07, 6.45) is 3.18. The van der Waals surface area contributed by atoms with Gasteiger partial charge in [0.05, 0.1) is 5.75 Å². The van der Waals surface area contributed by atoms with Crippen molar-refractivity contribution in [1.29, 1.82) is 0 Å². The molecule has 0 saturated carbocycles. The molecule has 0 saturated heterocycles. The minimum atomic E-state index is -3.66. The number of aromatic nitrogens is 2. The van der Waals surface area contributed by atoms with Gasteiger partial charge in [0.15, 0.2) is 5.58 Å². The second-order valence-electron chi connectivity index (χ2n) is 4.84. The van der Waals surface area contributed by atoms with Gasteiger partial charge in [-0.15, -0.1) is 0 Å². The maximum atomic E-state index is 12.4. The minimum Gasteiger partial charge on any atom is -0.428 e. The van der Waals surface area contributed by atoms with E-state index in [4.69, 9.17) is 10.2 Å². The van der Waals surface area contributed by atoms with Gasteiger partial charge in [0.25, 0.3) is 0 Å². The lowest BCUT2D eigenvalue weighted by Gasteiger charge is -2.01. The number of nitrogens with zero attached hydrogens (tertiary/aromatic N) is 2. The molecule has 0 fully saturated rings. The predicted molar refractivity (Wildman–Crippen MR) is 78.3 cm³/mol. The zero-order valence-corrected chi connectivity index (χ0v) is 12.1. The van der Waals surface area contributed by atoms with Gasteiger partial charge in [0, 0.05) is 18.1 Å². The standard InChI is InChI=1S/C14H13N3O3S/c1-9-4-10(7-16-6-9)8-21(18,19)14-17-12-5-11(15)2-3-13(12)20-14/h2-7H,8,15H2,1H3. The summed E-state index contributed by atoms with van der Waals surface area (Å²) in [6.45, 7) is 1.85. The number of oxazole rings is 1. The summed E-state index contributed by atoms with van der Waals surface area (Å²) in [6, 6.07) is 6.58. The summed E-state index contributed by atoms with van der Waals surface area (Å²) < 4.78 is 30.0. The van der Waals surface area contributed by atoms with Crippen molar-refractivity contribution >= 4 is 26.6 Å². The molecule has 0 bridgehead atoms. The number of hydrogen-bond acceptors (Lipinski definition) is 6. The smallest absolute Gasteiger partial charge is 0.316 e. The molecule has 21 heavy (non-hydrogen) atoms. The predicted octanol–water partition coefficient (Wildman–Crippen LogP) is 2.09. The maximum Gasteiger partial charge on any atom is 0.316 e. The molecule has 0 aliphatic rings. The molecule has 0 aliphatic heterocycles. The molecule has 2 heterocycles. The number of pyridine rings is 1. The summed E-state index contributed by atoms with van der Waals surface area (Å²) in [4.78, 5) is 7.99. The van der Waals surface area contributed by atoms with Gasteiger partial charge < -0.3 is 10.2 Å². The van der Waals surface area contributed by atoms with Crippen molar-refractivity contribution in [2.45, 2.75) is 17.9 Å². The number of hydrogen-bond donors (Lipinski definition) is 1. The fraction of sp³-hybridized carbons (Fsp3) is 0.143. The molecule has 0 unspecified atom stereocenters. The first-order valence-electron chi connectivity index (χ1n) is 6.23. The molecule has 0 aliphatic carbocycles. The molecular weight excluding hydrogens is 290 g/mol. The van der Waals surface area contributed by atoms with E-state index in [2.05, 4.69) is 9.97 Å². The van der Waals surface area contributed by atoms with E-state index in [0.717, 1.165) is 5.56 Å². The van der Waals surface area contributed by atoms with Crippen molar-refractivity contribution in [3.05, 3.63) is 47.8 Å². The largest absolute Gasteiger partial charge is 0.428 e. The highest BCUT2D eigenvalue weighted by Crippen LogP contribution is 2.23. The Morgan fingerprint density at radius 2 is 2.05 bits per heavy atom. The first-order chi connectivity index (χ1) is 9.94. The van der Waals surface area contributed by atoms with E-state index in [0.29, 0.717) is 22.4 Å². The van der Waals surface area contributed by atoms with Crippen molar-refractivity contribution in [2.75, 3.05) is 5.73 Å². The van der Waals surface area contributed by atoms with Crippen LogP contribution in [0.5, 0.6) is 0 Å². The van der Waals surface area contributed by atoms with Crippen LogP contribution in [-0.4, -0.2) is 18.4 Å². The molecule has 2 aromatic heterocycles. The molecule has 2 N–H and O–H groups in total. The maximum absolute atomic E-state index is 12.4. The van der Waals surface area contributed by atoms with E-state index >= 15 is 0 Å². The second-order valence-corrected chi connectivity index (χ2v) is 6.70. The van der Waals surface area contributed by atoms with Crippen molar-refractivity contribution in [1.82, 2.24) is 9.97 Å². The Balaban J connectivity index is 2.00. The highest BCUT2D eigenvalue weighted by molar-refractivity contribution is 7.90. The number of aryl methyl sites for hydroxylation is 1. The number of rotatable bonds is 3. The van der Waals surface area contributed by atoms with Crippen LogP contribution >= 0.6 is 0 Å². The summed E-state index contributed by atoms with van der Waals surface area (Å²) in [5.74, 6) is -0.204. The highest BCUT2D eigenvalue weighted by atomic mass is 32.2. The lowest BCUT2D eigenvalue weighted by atomic mass is 10.2. The minimum absolute atomic E-state index is 0.204. The van der Waals surface area contributed by atoms with E-state index in [1.807, 2.05) is 6.92 Å². The molecule has 3 rings (SSSR count). The summed E-state index contributed by atoms with van der Waals surface area (Å²) >= 11 is 0. The fourth-order valence-electron chi connectivity index (χ4n) is 2.03. The quantitative estimate of drug-likeness (QED) is 0.744. The van der Waals surface area contributed by atoms with Gasteiger partial charge in [-0.25, -0.2) is 8.42 Å². The van der Waals surface area contributed by atoms with Gasteiger partial charge in [-0.3, -0.25) is 4.98 Å². The molecule has 3 aromatic rings. The van der Waals surface area contributed by atoms with E-state index < -0.39 is 9.84 Å². The van der Waals surface area contributed by atoms with Crippen molar-refractivity contribution in [3.8, 4) is 0 Å². The second kappa shape index (κ2) is 4.85. The topological polar surface area (TPSA) is 99.1 Å². The molecule has 0 spiro atoms. The van der Waals surface area contributed by atoms with E-state index in [1.54, 1.807) is 30.5 Å². The monoisotopic (exact) mass is 303 g/mol. The lowest BCUT2D eigenvalue weighted by Crippen LogP contribution is -2.05. The molecule has 0 atom stereocenters. The summed E-state index contributed by atoms with van der Waals surface area (Å²) in [5.41, 5.74) is 8.46. The van der Waals surface area contributed by atoms with Gasteiger partial charge in [0.1, 0.15) is 5.52 Å². The van der Waals surface area contributed by atoms with Crippen LogP contribution < -0.4 is 5.73 Å². The van der Waals surface area contributed by atoms with Gasteiger partial charge in [-0.05, 0) is 36.2 Å². The number of nitrogen functional groups attached to an aromatic ring is 1. The highest BCUT2D eigenvalue weighted by Gasteiger charge is 2.22. The fourth-order valence-corrected chi connectivity index (χ4v) is 3.21. The number of sulfone groups is 1. The van der Waals surface area contributed by atoms with E-state index in [9.17, 15) is 8.42 Å². The Morgan fingerprint density at radius 1 is 1.24 bits per heavy atom. The van der Waals surface area contributed by atoms with Gasteiger partial charge in [0.2, 0.25) is 9.84 Å². The van der Waals surface area contributed by atoms with Crippen molar-refractivity contribution in [3.63, 3.8) is 0 Å². The summed E-state index contributed by atoms with van der Waals surface area (Å²) in [5, 5.41) is -0.301. The normalized spacial score (nSPS) is 11.9. The third-order valence-electron chi connectivity index (χ3n) is 2.95. The van der Waals surface area contributed by atoms with Crippen LogP contribution in [0.3, 0.4) is 0 Å². The number of nitrogens with two attached hydrogens (primary N) is 1. The van der Waals surface area contributed by atoms with E-state index in [1.165, 1.54) is 6.20 Å². The molecule has 0 radical (unpaired) electrons. The van der Waals surface area contributed by atoms with Crippen LogP contribution in [0, 0.1) is 6.92 Å². The Hall–Kier alpha value is -2.41. The lowest BCUT2D eigenvalue weighted by molar-refractivity contribution is 0.458. The zero-order chi connectivity index (χ0) is 15.0. The van der Waals surface area contributed by atoms with Crippen LogP contribution in [0.2, 0.25) is 0 Å². The Labute approximate surface area is 121 Å². The first kappa shape index (κ1) is 13.6.